The quantitative estimate of drug-likeness (QED) is 0.935. The zero-order valence-corrected chi connectivity index (χ0v) is 12.3. The summed E-state index contributed by atoms with van der Waals surface area (Å²) in [4.78, 5) is 0. The molecule has 0 saturated heterocycles. The second-order valence-corrected chi connectivity index (χ2v) is 6.08. The molecule has 19 heavy (non-hydrogen) atoms. The van der Waals surface area contributed by atoms with E-state index in [1.54, 1.807) is 0 Å². The number of hydrogen-bond acceptors (Lipinski definition) is 3. The molecule has 5 heteroatoms. The average Bonchev–Trinajstić information content (AvgIpc) is 2.73. The number of halogens is 1. The van der Waals surface area contributed by atoms with Crippen molar-refractivity contribution in [2.24, 2.45) is 0 Å². The number of nitrogens with zero attached hydrogens (tertiary/aromatic N) is 3. The predicted molar refractivity (Wildman–Crippen MR) is 77.2 cm³/mol. The Balaban J connectivity index is 1.97. The van der Waals surface area contributed by atoms with Gasteiger partial charge >= 0.3 is 0 Å². The lowest BCUT2D eigenvalue weighted by molar-refractivity contribution is 0.421. The largest absolute Gasteiger partial charge is 0.306 e. The van der Waals surface area contributed by atoms with Crippen LogP contribution in [0, 0.1) is 0 Å². The Bertz CT molecular complexity index is 542. The van der Waals surface area contributed by atoms with Crippen molar-refractivity contribution in [1.82, 2.24) is 20.3 Å². The number of aromatic nitrogens is 3. The van der Waals surface area contributed by atoms with Gasteiger partial charge < -0.3 is 5.32 Å². The van der Waals surface area contributed by atoms with Crippen LogP contribution in [-0.4, -0.2) is 20.5 Å². The van der Waals surface area contributed by atoms with E-state index in [0.717, 1.165) is 22.8 Å². The summed E-state index contributed by atoms with van der Waals surface area (Å²) in [6.45, 7) is 7.79. The molecule has 1 aromatic heterocycles. The molecule has 0 atom stereocenters. The van der Waals surface area contributed by atoms with Gasteiger partial charge in [0.25, 0.3) is 0 Å². The lowest BCUT2D eigenvalue weighted by Gasteiger charge is -2.19. The Morgan fingerprint density at radius 2 is 2.11 bits per heavy atom. The Kier molecular flexibility index (Phi) is 4.22. The molecule has 0 aliphatic carbocycles. The van der Waals surface area contributed by atoms with Crippen LogP contribution in [0.15, 0.2) is 30.5 Å². The van der Waals surface area contributed by atoms with E-state index in [0.29, 0.717) is 6.54 Å². The summed E-state index contributed by atoms with van der Waals surface area (Å²) in [6.07, 6.45) is 1.96. The minimum atomic E-state index is 0.0801. The van der Waals surface area contributed by atoms with Crippen molar-refractivity contribution in [2.75, 3.05) is 0 Å². The highest BCUT2D eigenvalue weighted by atomic mass is 35.5. The van der Waals surface area contributed by atoms with E-state index >= 15 is 0 Å². The molecule has 0 unspecified atom stereocenters. The molecule has 0 bridgehead atoms. The molecule has 0 aliphatic heterocycles. The van der Waals surface area contributed by atoms with Crippen LogP contribution in [0.1, 0.15) is 32.0 Å². The SMILES string of the molecule is CC(C)(C)NCc1cn(Cc2cccc(Cl)c2)nn1. The van der Waals surface area contributed by atoms with E-state index in [1.165, 1.54) is 0 Å². The van der Waals surface area contributed by atoms with Crippen molar-refractivity contribution in [3.8, 4) is 0 Å². The molecular weight excluding hydrogens is 260 g/mol. The number of benzene rings is 1. The van der Waals surface area contributed by atoms with Gasteiger partial charge in [-0.1, -0.05) is 28.9 Å². The summed E-state index contributed by atoms with van der Waals surface area (Å²) in [7, 11) is 0. The van der Waals surface area contributed by atoms with E-state index < -0.39 is 0 Å². The molecule has 1 aromatic carbocycles. The van der Waals surface area contributed by atoms with E-state index in [1.807, 2.05) is 35.1 Å². The van der Waals surface area contributed by atoms with E-state index in [2.05, 4.69) is 36.4 Å². The third-order valence-corrected chi connectivity index (χ3v) is 2.85. The summed E-state index contributed by atoms with van der Waals surface area (Å²) in [5, 5.41) is 12.4. The zero-order chi connectivity index (χ0) is 13.9. The third-order valence-electron chi connectivity index (χ3n) is 2.62. The molecule has 102 valence electrons. The average molecular weight is 279 g/mol. The summed E-state index contributed by atoms with van der Waals surface area (Å²) >= 11 is 5.96. The van der Waals surface area contributed by atoms with Gasteiger partial charge in [-0.3, -0.25) is 0 Å². The van der Waals surface area contributed by atoms with Gasteiger partial charge in [0.2, 0.25) is 0 Å². The summed E-state index contributed by atoms with van der Waals surface area (Å²) < 4.78 is 1.82. The van der Waals surface area contributed by atoms with Crippen molar-refractivity contribution in [3.05, 3.63) is 46.7 Å². The van der Waals surface area contributed by atoms with Crippen LogP contribution in [0.4, 0.5) is 0 Å². The second kappa shape index (κ2) is 5.72. The van der Waals surface area contributed by atoms with Gasteiger partial charge in [0.1, 0.15) is 0 Å². The van der Waals surface area contributed by atoms with Crippen LogP contribution in [0.2, 0.25) is 5.02 Å². The molecule has 0 saturated carbocycles. The normalized spacial score (nSPS) is 11.8. The summed E-state index contributed by atoms with van der Waals surface area (Å²) in [6, 6.07) is 7.78. The smallest absolute Gasteiger partial charge is 0.0965 e. The first-order chi connectivity index (χ1) is 8.92. The highest BCUT2D eigenvalue weighted by molar-refractivity contribution is 6.30. The van der Waals surface area contributed by atoms with Crippen LogP contribution in [0.25, 0.3) is 0 Å². The van der Waals surface area contributed by atoms with Crippen molar-refractivity contribution in [3.63, 3.8) is 0 Å². The molecule has 2 rings (SSSR count). The first kappa shape index (κ1) is 14.0. The highest BCUT2D eigenvalue weighted by Gasteiger charge is 2.10. The van der Waals surface area contributed by atoms with Crippen molar-refractivity contribution >= 4 is 11.6 Å². The van der Waals surface area contributed by atoms with E-state index in [-0.39, 0.29) is 5.54 Å². The first-order valence-corrected chi connectivity index (χ1v) is 6.69. The molecule has 0 fully saturated rings. The van der Waals surface area contributed by atoms with Crippen LogP contribution in [-0.2, 0) is 13.1 Å². The highest BCUT2D eigenvalue weighted by Crippen LogP contribution is 2.11. The molecule has 0 amide bonds. The minimum Gasteiger partial charge on any atom is -0.306 e. The van der Waals surface area contributed by atoms with E-state index in [4.69, 9.17) is 11.6 Å². The van der Waals surface area contributed by atoms with Crippen LogP contribution in [0.3, 0.4) is 0 Å². The van der Waals surface area contributed by atoms with Gasteiger partial charge in [0, 0.05) is 17.1 Å². The Hall–Kier alpha value is -1.39. The molecule has 2 aromatic rings. The molecule has 0 spiro atoms. The maximum Gasteiger partial charge on any atom is 0.0965 e. The first-order valence-electron chi connectivity index (χ1n) is 6.31. The Labute approximate surface area is 118 Å². The third kappa shape index (κ3) is 4.65. The fraction of sp³-hybridized carbons (Fsp3) is 0.429. The molecule has 4 nitrogen and oxygen atoms in total. The monoisotopic (exact) mass is 278 g/mol. The van der Waals surface area contributed by atoms with Gasteiger partial charge in [0.15, 0.2) is 0 Å². The maximum absolute atomic E-state index is 5.96. The fourth-order valence-corrected chi connectivity index (χ4v) is 1.89. The molecule has 0 aliphatic rings. The molecule has 1 N–H and O–H groups in total. The van der Waals surface area contributed by atoms with Crippen molar-refractivity contribution in [1.29, 1.82) is 0 Å². The molecule has 1 heterocycles. The van der Waals surface area contributed by atoms with Crippen LogP contribution >= 0.6 is 11.6 Å². The van der Waals surface area contributed by atoms with Crippen LogP contribution in [0.5, 0.6) is 0 Å². The summed E-state index contributed by atoms with van der Waals surface area (Å²) in [5.74, 6) is 0. The standard InChI is InChI=1S/C14H19ClN4/c1-14(2,3)16-8-13-10-19(18-17-13)9-11-5-4-6-12(15)7-11/h4-7,10,16H,8-9H2,1-3H3. The van der Waals surface area contributed by atoms with Gasteiger partial charge in [-0.15, -0.1) is 5.10 Å². The molecule has 0 radical (unpaired) electrons. The number of rotatable bonds is 4. The maximum atomic E-state index is 5.96. The minimum absolute atomic E-state index is 0.0801. The van der Waals surface area contributed by atoms with Gasteiger partial charge in [-0.05, 0) is 38.5 Å². The summed E-state index contributed by atoms with van der Waals surface area (Å²) in [5.41, 5.74) is 2.14. The predicted octanol–water partition coefficient (Wildman–Crippen LogP) is 2.87. The Morgan fingerprint density at radius 3 is 2.79 bits per heavy atom. The number of nitrogens with one attached hydrogen (secondary N) is 1. The zero-order valence-electron chi connectivity index (χ0n) is 11.5. The lowest BCUT2D eigenvalue weighted by Crippen LogP contribution is -2.35. The second-order valence-electron chi connectivity index (χ2n) is 5.64. The van der Waals surface area contributed by atoms with E-state index in [9.17, 15) is 0 Å². The lowest BCUT2D eigenvalue weighted by atomic mass is 10.1. The Morgan fingerprint density at radius 1 is 1.32 bits per heavy atom. The van der Waals surface area contributed by atoms with Crippen LogP contribution < -0.4 is 5.32 Å². The van der Waals surface area contributed by atoms with Crippen molar-refractivity contribution < 1.29 is 0 Å². The van der Waals surface area contributed by atoms with Crippen molar-refractivity contribution in [2.45, 2.75) is 39.4 Å². The van der Waals surface area contributed by atoms with Gasteiger partial charge in [-0.25, -0.2) is 4.68 Å². The fourth-order valence-electron chi connectivity index (χ4n) is 1.67. The van der Waals surface area contributed by atoms with Gasteiger partial charge in [-0.2, -0.15) is 0 Å². The topological polar surface area (TPSA) is 42.7 Å². The number of hydrogen-bond donors (Lipinski definition) is 1. The molecular formula is C14H19ClN4. The van der Waals surface area contributed by atoms with Gasteiger partial charge in [0.05, 0.1) is 18.4 Å².